The van der Waals surface area contributed by atoms with E-state index in [0.29, 0.717) is 24.2 Å². The lowest BCUT2D eigenvalue weighted by atomic mass is 10.1. The molecule has 1 aliphatic heterocycles. The lowest BCUT2D eigenvalue weighted by Gasteiger charge is -2.10. The second kappa shape index (κ2) is 8.39. The Morgan fingerprint density at radius 3 is 2.73 bits per heavy atom. The van der Waals surface area contributed by atoms with Crippen LogP contribution in [-0.4, -0.2) is 38.2 Å². The first-order chi connectivity index (χ1) is 14.4. The van der Waals surface area contributed by atoms with Gasteiger partial charge in [-0.15, -0.1) is 5.10 Å². The van der Waals surface area contributed by atoms with Crippen LogP contribution in [-0.2, 0) is 22.3 Å². The number of hydrogen-bond acceptors (Lipinski definition) is 5. The molecule has 1 fully saturated rings. The van der Waals surface area contributed by atoms with E-state index < -0.39 is 12.0 Å². The highest BCUT2D eigenvalue weighted by atomic mass is 19.4. The highest BCUT2D eigenvalue weighted by Crippen LogP contribution is 2.28. The van der Waals surface area contributed by atoms with Crippen LogP contribution in [0.3, 0.4) is 0 Å². The molecule has 30 heavy (non-hydrogen) atoms. The summed E-state index contributed by atoms with van der Waals surface area (Å²) in [6.07, 6.45) is 0.133. The Morgan fingerprint density at radius 2 is 2.03 bits per heavy atom. The van der Waals surface area contributed by atoms with Gasteiger partial charge >= 0.3 is 6.18 Å². The molecule has 3 heterocycles. The fraction of sp³-hybridized carbons (Fsp3) is 0.400. The van der Waals surface area contributed by atoms with Crippen LogP contribution < -0.4 is 5.32 Å². The molecule has 1 aromatic carbocycles. The largest absolute Gasteiger partial charge is 0.453 e. The number of aromatic nitrogens is 4. The minimum Gasteiger partial charge on any atom is -0.378 e. The maximum Gasteiger partial charge on any atom is 0.453 e. The van der Waals surface area contributed by atoms with Gasteiger partial charge in [-0.2, -0.15) is 22.7 Å². The molecule has 0 bridgehead atoms. The van der Waals surface area contributed by atoms with Crippen molar-refractivity contribution < 1.29 is 22.7 Å². The normalized spacial score (nSPS) is 16.8. The van der Waals surface area contributed by atoms with Crippen LogP contribution in [0.1, 0.15) is 37.1 Å². The number of rotatable bonds is 6. The van der Waals surface area contributed by atoms with E-state index in [1.165, 1.54) is 6.20 Å². The van der Waals surface area contributed by atoms with Crippen molar-refractivity contribution in [2.24, 2.45) is 0 Å². The van der Waals surface area contributed by atoms with Gasteiger partial charge in [0, 0.05) is 31.3 Å². The summed E-state index contributed by atoms with van der Waals surface area (Å²) in [4.78, 5) is 19.3. The van der Waals surface area contributed by atoms with Crippen LogP contribution in [0.15, 0.2) is 36.5 Å². The van der Waals surface area contributed by atoms with E-state index in [1.807, 2.05) is 12.1 Å². The molecule has 1 aliphatic rings. The number of ether oxygens (including phenoxy) is 1. The second-order valence-corrected chi connectivity index (χ2v) is 7.12. The van der Waals surface area contributed by atoms with Crippen molar-refractivity contribution in [3.05, 3.63) is 47.9 Å². The highest BCUT2D eigenvalue weighted by molar-refractivity contribution is 5.75. The quantitative estimate of drug-likeness (QED) is 0.663. The van der Waals surface area contributed by atoms with Crippen molar-refractivity contribution >= 4 is 11.7 Å². The molecule has 0 spiro atoms. The number of hydrogen-bond donors (Lipinski definition) is 1. The third-order valence-corrected chi connectivity index (χ3v) is 4.95. The number of fused-ring (bicyclic) bond motifs is 1. The lowest BCUT2D eigenvalue weighted by Crippen LogP contribution is -2.23. The molecule has 1 saturated heterocycles. The first kappa shape index (κ1) is 20.3. The van der Waals surface area contributed by atoms with Gasteiger partial charge in [0.1, 0.15) is 0 Å². The van der Waals surface area contributed by atoms with Gasteiger partial charge in [-0.1, -0.05) is 24.3 Å². The van der Waals surface area contributed by atoms with E-state index in [1.54, 1.807) is 18.2 Å². The number of halogens is 3. The molecule has 10 heteroatoms. The van der Waals surface area contributed by atoms with Crippen molar-refractivity contribution in [3.8, 4) is 11.3 Å². The summed E-state index contributed by atoms with van der Waals surface area (Å²) < 4.78 is 45.3. The van der Waals surface area contributed by atoms with Crippen LogP contribution in [0.4, 0.5) is 13.2 Å². The number of nitrogens with zero attached hydrogens (tertiary/aromatic N) is 4. The summed E-state index contributed by atoms with van der Waals surface area (Å²) in [6, 6.07) is 8.71. The van der Waals surface area contributed by atoms with Gasteiger partial charge < -0.3 is 10.1 Å². The SMILES string of the molecule is O=C(CCC1CCCO1)NCc1ccc(-c2ccnc3nc(C(F)(F)F)nn23)cc1. The Hall–Kier alpha value is -3.01. The number of benzene rings is 1. The predicted molar refractivity (Wildman–Crippen MR) is 101 cm³/mol. The van der Waals surface area contributed by atoms with Crippen molar-refractivity contribution in [2.75, 3.05) is 6.61 Å². The Balaban J connectivity index is 1.41. The summed E-state index contributed by atoms with van der Waals surface area (Å²) in [5.41, 5.74) is 1.98. The van der Waals surface area contributed by atoms with Gasteiger partial charge in [-0.05, 0) is 30.9 Å². The van der Waals surface area contributed by atoms with E-state index in [0.717, 1.165) is 35.9 Å². The van der Waals surface area contributed by atoms with Crippen LogP contribution in [0.2, 0.25) is 0 Å². The number of nitrogens with one attached hydrogen (secondary N) is 1. The summed E-state index contributed by atoms with van der Waals surface area (Å²) in [7, 11) is 0. The molecule has 1 amide bonds. The molecule has 1 N–H and O–H groups in total. The number of carbonyl (C=O) groups excluding carboxylic acids is 1. The Morgan fingerprint density at radius 1 is 1.23 bits per heavy atom. The van der Waals surface area contributed by atoms with E-state index >= 15 is 0 Å². The molecule has 0 saturated carbocycles. The van der Waals surface area contributed by atoms with Crippen LogP contribution in [0, 0.1) is 0 Å². The van der Waals surface area contributed by atoms with E-state index in [4.69, 9.17) is 4.74 Å². The molecule has 7 nitrogen and oxygen atoms in total. The lowest BCUT2D eigenvalue weighted by molar-refractivity contribution is -0.144. The summed E-state index contributed by atoms with van der Waals surface area (Å²) in [6.45, 7) is 1.15. The molecular weight excluding hydrogens is 399 g/mol. The first-order valence-corrected chi connectivity index (χ1v) is 9.67. The Bertz CT molecular complexity index is 1030. The maximum absolute atomic E-state index is 12.9. The molecular formula is C20H20F3N5O2. The molecule has 1 unspecified atom stereocenters. The first-order valence-electron chi connectivity index (χ1n) is 9.67. The molecule has 158 valence electrons. The monoisotopic (exact) mass is 419 g/mol. The second-order valence-electron chi connectivity index (χ2n) is 7.12. The minimum atomic E-state index is -4.64. The van der Waals surface area contributed by atoms with E-state index in [2.05, 4.69) is 20.4 Å². The van der Waals surface area contributed by atoms with Gasteiger partial charge in [0.15, 0.2) is 0 Å². The van der Waals surface area contributed by atoms with Crippen LogP contribution >= 0.6 is 0 Å². The zero-order valence-electron chi connectivity index (χ0n) is 16.0. The molecule has 1 atom stereocenters. The third-order valence-electron chi connectivity index (χ3n) is 4.95. The van der Waals surface area contributed by atoms with Crippen LogP contribution in [0.5, 0.6) is 0 Å². The smallest absolute Gasteiger partial charge is 0.378 e. The third kappa shape index (κ3) is 4.59. The zero-order chi connectivity index (χ0) is 21.1. The van der Waals surface area contributed by atoms with Crippen molar-refractivity contribution in [1.82, 2.24) is 24.9 Å². The maximum atomic E-state index is 12.9. The average molecular weight is 419 g/mol. The van der Waals surface area contributed by atoms with Gasteiger partial charge in [0.2, 0.25) is 5.91 Å². The van der Waals surface area contributed by atoms with Gasteiger partial charge in [0.05, 0.1) is 11.8 Å². The summed E-state index contributed by atoms with van der Waals surface area (Å²) in [5, 5.41) is 6.42. The van der Waals surface area contributed by atoms with Gasteiger partial charge in [-0.25, -0.2) is 4.98 Å². The zero-order valence-corrected chi connectivity index (χ0v) is 16.0. The Labute approximate surface area is 170 Å². The van der Waals surface area contributed by atoms with Crippen molar-refractivity contribution in [3.63, 3.8) is 0 Å². The number of carbonyl (C=O) groups is 1. The molecule has 4 rings (SSSR count). The topological polar surface area (TPSA) is 81.4 Å². The number of alkyl halides is 3. The standard InChI is InChI=1S/C20H20F3N5O2/c21-20(22,23)18-26-19-24-10-9-16(28(19)27-18)14-5-3-13(4-6-14)12-25-17(29)8-7-15-2-1-11-30-15/h3-6,9-10,15H,1-2,7-8,11-12H2,(H,25,29). The predicted octanol–water partition coefficient (Wildman–Crippen LogP) is 3.39. The fourth-order valence-corrected chi connectivity index (χ4v) is 3.38. The van der Waals surface area contributed by atoms with Crippen LogP contribution in [0.25, 0.3) is 17.0 Å². The van der Waals surface area contributed by atoms with Gasteiger partial charge in [0.25, 0.3) is 11.6 Å². The van der Waals surface area contributed by atoms with Gasteiger partial charge in [-0.3, -0.25) is 4.79 Å². The molecule has 0 aliphatic carbocycles. The van der Waals surface area contributed by atoms with E-state index in [-0.39, 0.29) is 17.8 Å². The highest BCUT2D eigenvalue weighted by Gasteiger charge is 2.36. The summed E-state index contributed by atoms with van der Waals surface area (Å²) >= 11 is 0. The Kier molecular flexibility index (Phi) is 5.67. The summed E-state index contributed by atoms with van der Waals surface area (Å²) in [5.74, 6) is -1.39. The average Bonchev–Trinajstić information content (AvgIpc) is 3.40. The van der Waals surface area contributed by atoms with Crippen molar-refractivity contribution in [1.29, 1.82) is 0 Å². The molecule has 2 aromatic heterocycles. The van der Waals surface area contributed by atoms with Crippen molar-refractivity contribution in [2.45, 2.75) is 44.5 Å². The number of amides is 1. The molecule has 0 radical (unpaired) electrons. The molecule has 3 aromatic rings. The van der Waals surface area contributed by atoms with E-state index in [9.17, 15) is 18.0 Å². The minimum absolute atomic E-state index is 0.0345. The fourth-order valence-electron chi connectivity index (χ4n) is 3.38.